The summed E-state index contributed by atoms with van der Waals surface area (Å²) in [5.74, 6) is -2.43. The van der Waals surface area contributed by atoms with Gasteiger partial charge >= 0.3 is 29.8 Å². The van der Waals surface area contributed by atoms with Crippen molar-refractivity contribution in [2.45, 2.75) is 18.9 Å². The molecule has 50 heavy (non-hydrogen) atoms. The van der Waals surface area contributed by atoms with Gasteiger partial charge < -0.3 is 38.6 Å². The fourth-order valence-corrected chi connectivity index (χ4v) is 3.90. The van der Waals surface area contributed by atoms with Gasteiger partial charge in [-0.1, -0.05) is 19.7 Å². The Morgan fingerprint density at radius 3 is 1.84 bits per heavy atom. The summed E-state index contributed by atoms with van der Waals surface area (Å²) in [5.41, 5.74) is 0.540. The average molecular weight is 686 g/mol. The molecule has 0 radical (unpaired) electrons. The highest BCUT2D eigenvalue weighted by atomic mass is 16.6. The number of esters is 5. The fraction of sp³-hybridized carbons (Fsp3) is 0.189. The third kappa shape index (κ3) is 12.7. The standard InChI is InChI=1S/C37H35NO12/c1-4-33(39)45-20-8-7-19-44-23-31(48-35(41)6-3)24-46-28-13-9-26(10-14-28)37(43)50-32-18-17-30(21-27(32)22-38)49-36(42)25-11-15-29(16-12-25)47-34(40)5-2/h4-6,9-18,21-22,31,38H,1-3,7-8,19-20,23-24H2. The molecule has 3 aromatic rings. The van der Waals surface area contributed by atoms with Crippen molar-refractivity contribution >= 4 is 36.1 Å². The first-order chi connectivity index (χ1) is 24.1. The summed E-state index contributed by atoms with van der Waals surface area (Å²) in [6.07, 6.45) is 4.52. The van der Waals surface area contributed by atoms with E-state index in [-0.39, 0.29) is 53.8 Å². The summed E-state index contributed by atoms with van der Waals surface area (Å²) in [4.78, 5) is 59.6. The minimum Gasteiger partial charge on any atom is -0.490 e. The highest BCUT2D eigenvalue weighted by Crippen LogP contribution is 2.25. The van der Waals surface area contributed by atoms with E-state index < -0.39 is 36.0 Å². The molecule has 3 aromatic carbocycles. The molecule has 0 fully saturated rings. The smallest absolute Gasteiger partial charge is 0.343 e. The lowest BCUT2D eigenvalue weighted by Crippen LogP contribution is -2.29. The minimum atomic E-state index is -0.750. The predicted octanol–water partition coefficient (Wildman–Crippen LogP) is 5.22. The zero-order chi connectivity index (χ0) is 36.3. The number of rotatable bonds is 20. The van der Waals surface area contributed by atoms with Crippen molar-refractivity contribution in [3.63, 3.8) is 0 Å². The van der Waals surface area contributed by atoms with Crippen LogP contribution in [0.1, 0.15) is 39.1 Å². The molecule has 0 heterocycles. The van der Waals surface area contributed by atoms with E-state index in [4.69, 9.17) is 38.6 Å². The van der Waals surface area contributed by atoms with E-state index in [9.17, 15) is 24.0 Å². The van der Waals surface area contributed by atoms with Crippen LogP contribution in [-0.4, -0.2) is 68.6 Å². The van der Waals surface area contributed by atoms with Crippen LogP contribution in [-0.2, 0) is 28.6 Å². The first-order valence-corrected chi connectivity index (χ1v) is 15.1. The van der Waals surface area contributed by atoms with Gasteiger partial charge in [0.2, 0.25) is 0 Å². The van der Waals surface area contributed by atoms with Crippen molar-refractivity contribution in [2.75, 3.05) is 26.4 Å². The first-order valence-electron chi connectivity index (χ1n) is 15.1. The zero-order valence-corrected chi connectivity index (χ0v) is 27.0. The molecular weight excluding hydrogens is 650 g/mol. The highest BCUT2D eigenvalue weighted by molar-refractivity contribution is 5.94. The third-order valence-corrected chi connectivity index (χ3v) is 6.40. The lowest BCUT2D eigenvalue weighted by Gasteiger charge is -2.18. The largest absolute Gasteiger partial charge is 0.490 e. The summed E-state index contributed by atoms with van der Waals surface area (Å²) < 4.78 is 37.4. The van der Waals surface area contributed by atoms with Gasteiger partial charge in [0.25, 0.3) is 0 Å². The third-order valence-electron chi connectivity index (χ3n) is 6.40. The first kappa shape index (κ1) is 38.1. The molecule has 0 amide bonds. The van der Waals surface area contributed by atoms with Gasteiger partial charge in [-0.2, -0.15) is 0 Å². The van der Waals surface area contributed by atoms with E-state index in [2.05, 4.69) is 19.7 Å². The maximum atomic E-state index is 12.9. The van der Waals surface area contributed by atoms with Crippen LogP contribution in [0.2, 0.25) is 0 Å². The summed E-state index contributed by atoms with van der Waals surface area (Å²) in [6.45, 7) is 10.6. The Hall–Kier alpha value is -6.34. The quantitative estimate of drug-likeness (QED) is 0.0541. The second-order valence-corrected chi connectivity index (χ2v) is 10.0. The second kappa shape index (κ2) is 20.1. The Labute approximate surface area is 288 Å². The van der Waals surface area contributed by atoms with E-state index in [1.165, 1.54) is 66.7 Å². The molecule has 0 aliphatic rings. The normalized spacial score (nSPS) is 10.8. The molecule has 1 N–H and O–H groups in total. The monoisotopic (exact) mass is 685 g/mol. The van der Waals surface area contributed by atoms with Crippen LogP contribution >= 0.6 is 0 Å². The number of benzene rings is 3. The van der Waals surface area contributed by atoms with E-state index in [1.54, 1.807) is 0 Å². The molecule has 1 atom stereocenters. The van der Waals surface area contributed by atoms with Crippen LogP contribution in [0.3, 0.4) is 0 Å². The van der Waals surface area contributed by atoms with Crippen LogP contribution in [0.25, 0.3) is 0 Å². The summed E-state index contributed by atoms with van der Waals surface area (Å²) in [6, 6.07) is 15.9. The van der Waals surface area contributed by atoms with Crippen LogP contribution in [0.15, 0.2) is 105 Å². The van der Waals surface area contributed by atoms with E-state index >= 15 is 0 Å². The maximum Gasteiger partial charge on any atom is 0.343 e. The molecule has 0 aromatic heterocycles. The molecule has 0 saturated heterocycles. The van der Waals surface area contributed by atoms with Gasteiger partial charge in [-0.25, -0.2) is 24.0 Å². The molecule has 13 heteroatoms. The Bertz CT molecular complexity index is 1700. The number of carbonyl (C=O) groups is 5. The van der Waals surface area contributed by atoms with E-state index in [1.807, 2.05) is 0 Å². The van der Waals surface area contributed by atoms with Gasteiger partial charge in [0.1, 0.15) is 29.6 Å². The number of ether oxygens (including phenoxy) is 7. The van der Waals surface area contributed by atoms with Gasteiger partial charge in [0.05, 0.1) is 24.3 Å². The molecule has 3 rings (SSSR count). The minimum absolute atomic E-state index is 0.0452. The number of nitrogens with one attached hydrogen (secondary N) is 1. The van der Waals surface area contributed by atoms with Crippen molar-refractivity contribution in [1.82, 2.24) is 0 Å². The number of carbonyl (C=O) groups excluding carboxylic acids is 5. The Kier molecular flexibility index (Phi) is 15.3. The molecule has 0 aliphatic heterocycles. The molecule has 0 spiro atoms. The van der Waals surface area contributed by atoms with Gasteiger partial charge in [-0.3, -0.25) is 0 Å². The lowest BCUT2D eigenvalue weighted by atomic mass is 10.2. The number of hydrogen-bond donors (Lipinski definition) is 1. The topological polar surface area (TPSA) is 174 Å². The molecule has 260 valence electrons. The lowest BCUT2D eigenvalue weighted by molar-refractivity contribution is -0.148. The second-order valence-electron chi connectivity index (χ2n) is 10.0. The highest BCUT2D eigenvalue weighted by Gasteiger charge is 2.17. The van der Waals surface area contributed by atoms with Gasteiger partial charge in [-0.15, -0.1) is 0 Å². The van der Waals surface area contributed by atoms with Crippen LogP contribution < -0.4 is 18.9 Å². The summed E-state index contributed by atoms with van der Waals surface area (Å²) in [7, 11) is 0. The Morgan fingerprint density at radius 2 is 1.22 bits per heavy atom. The summed E-state index contributed by atoms with van der Waals surface area (Å²) in [5, 5.41) is 7.75. The van der Waals surface area contributed by atoms with Crippen molar-refractivity contribution in [1.29, 1.82) is 5.41 Å². The van der Waals surface area contributed by atoms with Crippen LogP contribution in [0, 0.1) is 5.41 Å². The van der Waals surface area contributed by atoms with Gasteiger partial charge in [-0.05, 0) is 79.6 Å². The molecular formula is C37H35NO12. The fourth-order valence-electron chi connectivity index (χ4n) is 3.90. The van der Waals surface area contributed by atoms with Crippen molar-refractivity contribution in [2.24, 2.45) is 0 Å². The number of unbranched alkanes of at least 4 members (excludes halogenated alkanes) is 1. The molecule has 13 nitrogen and oxygen atoms in total. The van der Waals surface area contributed by atoms with Crippen LogP contribution in [0.4, 0.5) is 0 Å². The average Bonchev–Trinajstić information content (AvgIpc) is 3.13. The predicted molar refractivity (Wildman–Crippen MR) is 180 cm³/mol. The van der Waals surface area contributed by atoms with Crippen molar-refractivity contribution in [3.05, 3.63) is 121 Å². The molecule has 0 aliphatic carbocycles. The zero-order valence-electron chi connectivity index (χ0n) is 27.0. The van der Waals surface area contributed by atoms with E-state index in [0.717, 1.165) is 24.4 Å². The van der Waals surface area contributed by atoms with Gasteiger partial charge in [0, 0.05) is 36.6 Å². The number of hydrogen-bond acceptors (Lipinski definition) is 13. The molecule has 0 saturated carbocycles. The maximum absolute atomic E-state index is 12.9. The Balaban J connectivity index is 1.52. The molecule has 0 bridgehead atoms. The SMILES string of the molecule is C=CC(=O)OCCCCOCC(COc1ccc(C(=O)Oc2ccc(OC(=O)c3ccc(OC(=O)C=C)cc3)cc2C=N)cc1)OC(=O)C=C. The molecule has 1 unspecified atom stereocenters. The van der Waals surface area contributed by atoms with Crippen molar-refractivity contribution < 1.29 is 57.1 Å². The van der Waals surface area contributed by atoms with Crippen molar-refractivity contribution in [3.8, 4) is 23.0 Å². The summed E-state index contributed by atoms with van der Waals surface area (Å²) >= 11 is 0. The Morgan fingerprint density at radius 1 is 0.640 bits per heavy atom. The van der Waals surface area contributed by atoms with Crippen LogP contribution in [0.5, 0.6) is 23.0 Å². The van der Waals surface area contributed by atoms with Gasteiger partial charge in [0.15, 0.2) is 6.10 Å². The van der Waals surface area contributed by atoms with E-state index in [0.29, 0.717) is 25.2 Å².